The van der Waals surface area contributed by atoms with Gasteiger partial charge >= 0.3 is 0 Å². The van der Waals surface area contributed by atoms with E-state index in [0.717, 1.165) is 29.5 Å². The molecular formula is C30H34ClN3O4S. The molecule has 1 heterocycles. The smallest absolute Gasteiger partial charge is 0.243 e. The van der Waals surface area contributed by atoms with E-state index in [1.165, 1.54) is 4.31 Å². The number of sulfonamides is 1. The highest BCUT2D eigenvalue weighted by atomic mass is 35.5. The van der Waals surface area contributed by atoms with Crippen molar-refractivity contribution < 1.29 is 18.0 Å². The van der Waals surface area contributed by atoms with Gasteiger partial charge in [-0.25, -0.2) is 8.42 Å². The molecule has 0 radical (unpaired) electrons. The largest absolute Gasteiger partial charge is 0.357 e. The Morgan fingerprint density at radius 3 is 2.13 bits per heavy atom. The minimum absolute atomic E-state index is 0.164. The minimum Gasteiger partial charge on any atom is -0.357 e. The molecule has 1 aliphatic rings. The Bertz CT molecular complexity index is 1360. The van der Waals surface area contributed by atoms with E-state index in [1.54, 1.807) is 48.3 Å². The maximum Gasteiger partial charge on any atom is 0.243 e. The Balaban J connectivity index is 1.52. The van der Waals surface area contributed by atoms with Crippen molar-refractivity contribution in [3.63, 3.8) is 0 Å². The molecule has 1 saturated heterocycles. The van der Waals surface area contributed by atoms with Gasteiger partial charge in [-0.15, -0.1) is 0 Å². The number of amides is 2. The standard InChI is InChI=1S/C30H34ClN3O4S/c1-32-30(36)28(21-24-7-3-2-4-8-24)34(22-25-9-14-26(31)15-10-25)29(35)18-13-23-11-16-27(17-12-23)39(37,38)33-19-5-6-20-33/h2-4,7-12,14-17,28H,5-6,13,18-22H2,1H3,(H,32,36)/t28-/m1/s1. The van der Waals surface area contributed by atoms with E-state index in [1.807, 2.05) is 42.5 Å². The average molecular weight is 568 g/mol. The Hall–Kier alpha value is -3.20. The van der Waals surface area contributed by atoms with E-state index < -0.39 is 16.1 Å². The van der Waals surface area contributed by atoms with E-state index >= 15 is 0 Å². The van der Waals surface area contributed by atoms with E-state index in [-0.39, 0.29) is 29.7 Å². The zero-order valence-electron chi connectivity index (χ0n) is 22.1. The molecule has 0 aliphatic carbocycles. The topological polar surface area (TPSA) is 86.8 Å². The molecule has 0 bridgehead atoms. The number of likely N-dealkylation sites (N-methyl/N-ethyl adjacent to an activating group) is 1. The molecule has 1 N–H and O–H groups in total. The van der Waals surface area contributed by atoms with Gasteiger partial charge in [0.05, 0.1) is 4.90 Å². The lowest BCUT2D eigenvalue weighted by Crippen LogP contribution is -2.49. The van der Waals surface area contributed by atoms with Crippen LogP contribution in [-0.2, 0) is 39.0 Å². The lowest BCUT2D eigenvalue weighted by atomic mass is 10.0. The third kappa shape index (κ3) is 7.47. The summed E-state index contributed by atoms with van der Waals surface area (Å²) in [4.78, 5) is 28.6. The van der Waals surface area contributed by atoms with Crippen LogP contribution in [-0.4, -0.2) is 55.6 Å². The first-order valence-corrected chi connectivity index (χ1v) is 15.0. The lowest BCUT2D eigenvalue weighted by Gasteiger charge is -2.31. The quantitative estimate of drug-likeness (QED) is 0.371. The van der Waals surface area contributed by atoms with E-state index in [9.17, 15) is 18.0 Å². The molecule has 206 valence electrons. The molecule has 1 aliphatic heterocycles. The van der Waals surface area contributed by atoms with Crippen LogP contribution in [0.3, 0.4) is 0 Å². The molecule has 3 aromatic carbocycles. The zero-order chi connectivity index (χ0) is 27.8. The summed E-state index contributed by atoms with van der Waals surface area (Å²) < 4.78 is 27.2. The van der Waals surface area contributed by atoms with Crippen molar-refractivity contribution in [1.29, 1.82) is 0 Å². The van der Waals surface area contributed by atoms with Crippen molar-refractivity contribution in [3.05, 3.63) is 101 Å². The van der Waals surface area contributed by atoms with Gasteiger partial charge in [-0.05, 0) is 60.2 Å². The van der Waals surface area contributed by atoms with Gasteiger partial charge in [-0.3, -0.25) is 9.59 Å². The number of carbonyl (C=O) groups excluding carboxylic acids is 2. The highest BCUT2D eigenvalue weighted by Gasteiger charge is 2.30. The fourth-order valence-electron chi connectivity index (χ4n) is 4.81. The molecule has 0 unspecified atom stereocenters. The van der Waals surface area contributed by atoms with Gasteiger partial charge in [-0.2, -0.15) is 4.31 Å². The second-order valence-electron chi connectivity index (χ2n) is 9.72. The maximum atomic E-state index is 13.7. The molecule has 7 nitrogen and oxygen atoms in total. The van der Waals surface area contributed by atoms with Gasteiger partial charge < -0.3 is 10.2 Å². The predicted octanol–water partition coefficient (Wildman–Crippen LogP) is 4.44. The van der Waals surface area contributed by atoms with E-state index in [0.29, 0.717) is 31.0 Å². The summed E-state index contributed by atoms with van der Waals surface area (Å²) >= 11 is 6.06. The molecule has 4 rings (SSSR count). The molecule has 1 atom stereocenters. The highest BCUT2D eigenvalue weighted by molar-refractivity contribution is 7.89. The number of rotatable bonds is 11. The van der Waals surface area contributed by atoms with Crippen LogP contribution in [0.1, 0.15) is 36.0 Å². The first-order valence-electron chi connectivity index (χ1n) is 13.2. The van der Waals surface area contributed by atoms with Crippen molar-refractivity contribution in [2.75, 3.05) is 20.1 Å². The van der Waals surface area contributed by atoms with Crippen molar-refractivity contribution in [3.8, 4) is 0 Å². The first kappa shape index (κ1) is 28.8. The Kier molecular flexibility index (Phi) is 9.78. The molecule has 0 saturated carbocycles. The summed E-state index contributed by atoms with van der Waals surface area (Å²) in [5.74, 6) is -0.402. The summed E-state index contributed by atoms with van der Waals surface area (Å²) in [5.41, 5.74) is 2.68. The SMILES string of the molecule is CNC(=O)[C@@H](Cc1ccccc1)N(Cc1ccc(Cl)cc1)C(=O)CCc1ccc(S(=O)(=O)N2CCCC2)cc1. The summed E-state index contributed by atoms with van der Waals surface area (Å²) in [7, 11) is -1.91. The lowest BCUT2D eigenvalue weighted by molar-refractivity contribution is -0.141. The number of nitrogens with one attached hydrogen (secondary N) is 1. The second-order valence-corrected chi connectivity index (χ2v) is 12.1. The molecule has 1 fully saturated rings. The van der Waals surface area contributed by atoms with Crippen LogP contribution in [0, 0.1) is 0 Å². The monoisotopic (exact) mass is 567 g/mol. The maximum absolute atomic E-state index is 13.7. The van der Waals surface area contributed by atoms with Crippen molar-refractivity contribution in [2.24, 2.45) is 0 Å². The molecule has 3 aromatic rings. The average Bonchev–Trinajstić information content (AvgIpc) is 3.51. The molecule has 0 spiro atoms. The van der Waals surface area contributed by atoms with Crippen LogP contribution >= 0.6 is 11.6 Å². The van der Waals surface area contributed by atoms with Gasteiger partial charge in [0, 0.05) is 44.5 Å². The summed E-state index contributed by atoms with van der Waals surface area (Å²) in [6.45, 7) is 1.36. The number of halogens is 1. The number of hydrogen-bond acceptors (Lipinski definition) is 4. The highest BCUT2D eigenvalue weighted by Crippen LogP contribution is 2.22. The molecular weight excluding hydrogens is 534 g/mol. The summed E-state index contributed by atoms with van der Waals surface area (Å²) in [5, 5.41) is 3.31. The Morgan fingerprint density at radius 1 is 0.897 bits per heavy atom. The molecule has 9 heteroatoms. The van der Waals surface area contributed by atoms with Crippen molar-refractivity contribution in [1.82, 2.24) is 14.5 Å². The molecule has 2 amide bonds. The number of hydrogen-bond donors (Lipinski definition) is 1. The van der Waals surface area contributed by atoms with Gasteiger partial charge in [-0.1, -0.05) is 66.2 Å². The zero-order valence-corrected chi connectivity index (χ0v) is 23.6. The summed E-state index contributed by atoms with van der Waals surface area (Å²) in [6.07, 6.45) is 2.74. The fraction of sp³-hybridized carbons (Fsp3) is 0.333. The van der Waals surface area contributed by atoms with Gasteiger partial charge in [0.25, 0.3) is 0 Å². The molecule has 0 aromatic heterocycles. The Morgan fingerprint density at radius 2 is 1.51 bits per heavy atom. The molecule has 39 heavy (non-hydrogen) atoms. The Labute approximate surface area is 235 Å². The van der Waals surface area contributed by atoms with E-state index in [4.69, 9.17) is 11.6 Å². The summed E-state index contributed by atoms with van der Waals surface area (Å²) in [6, 6.07) is 22.9. The number of aryl methyl sites for hydroxylation is 1. The van der Waals surface area contributed by atoms with Crippen LogP contribution in [0.5, 0.6) is 0 Å². The predicted molar refractivity (Wildman–Crippen MR) is 153 cm³/mol. The van der Waals surface area contributed by atoms with Gasteiger partial charge in [0.15, 0.2) is 0 Å². The number of carbonyl (C=O) groups is 2. The minimum atomic E-state index is -3.49. The van der Waals surface area contributed by atoms with Crippen LogP contribution in [0.2, 0.25) is 5.02 Å². The number of nitrogens with zero attached hydrogens (tertiary/aromatic N) is 2. The van der Waals surface area contributed by atoms with Crippen molar-refractivity contribution >= 4 is 33.4 Å². The van der Waals surface area contributed by atoms with Crippen LogP contribution in [0.25, 0.3) is 0 Å². The van der Waals surface area contributed by atoms with Crippen LogP contribution in [0.4, 0.5) is 0 Å². The van der Waals surface area contributed by atoms with Gasteiger partial charge in [0.2, 0.25) is 21.8 Å². The van der Waals surface area contributed by atoms with E-state index in [2.05, 4.69) is 5.32 Å². The van der Waals surface area contributed by atoms with Crippen molar-refractivity contribution in [2.45, 2.75) is 49.6 Å². The fourth-order valence-corrected chi connectivity index (χ4v) is 6.45. The third-order valence-corrected chi connectivity index (χ3v) is 9.20. The second kappa shape index (κ2) is 13.2. The number of benzene rings is 3. The first-order chi connectivity index (χ1) is 18.8. The normalized spacial score (nSPS) is 14.6. The third-order valence-electron chi connectivity index (χ3n) is 7.04. The van der Waals surface area contributed by atoms with Crippen LogP contribution < -0.4 is 5.32 Å². The van der Waals surface area contributed by atoms with Crippen LogP contribution in [0.15, 0.2) is 83.8 Å². The van der Waals surface area contributed by atoms with Gasteiger partial charge in [0.1, 0.15) is 6.04 Å².